The molecule has 0 atom stereocenters. The van der Waals surface area contributed by atoms with Gasteiger partial charge in [-0.25, -0.2) is 4.79 Å². The minimum Gasteiger partial charge on any atom is -0.478 e. The summed E-state index contributed by atoms with van der Waals surface area (Å²) < 4.78 is 0. The molecule has 0 radical (unpaired) electrons. The second-order valence-electron chi connectivity index (χ2n) is 5.17. The van der Waals surface area contributed by atoms with E-state index >= 15 is 0 Å². The maximum absolute atomic E-state index is 11.8. The fourth-order valence-electron chi connectivity index (χ4n) is 2.09. The number of nitrogens with zero attached hydrogens (tertiary/aromatic N) is 2. The zero-order valence-corrected chi connectivity index (χ0v) is 12.1. The van der Waals surface area contributed by atoms with Crippen LogP contribution in [-0.2, 0) is 11.3 Å². The van der Waals surface area contributed by atoms with Crippen LogP contribution in [0.1, 0.15) is 41.6 Å². The van der Waals surface area contributed by atoms with Crippen molar-refractivity contribution in [2.75, 3.05) is 0 Å². The number of hydrogen-bond acceptors (Lipinski definition) is 4. The van der Waals surface area contributed by atoms with Gasteiger partial charge in [-0.05, 0) is 17.7 Å². The van der Waals surface area contributed by atoms with Gasteiger partial charge in [-0.3, -0.25) is 4.79 Å². The molecule has 2 rings (SSSR count). The number of carbonyl (C=O) groups excluding carboxylic acids is 1. The highest BCUT2D eigenvalue weighted by atomic mass is 16.4. The third kappa shape index (κ3) is 4.42. The van der Waals surface area contributed by atoms with E-state index in [1.54, 1.807) is 18.2 Å². The Bertz CT molecular complexity index is 640. The second-order valence-corrected chi connectivity index (χ2v) is 5.17. The highest BCUT2D eigenvalue weighted by Gasteiger charge is 2.39. The van der Waals surface area contributed by atoms with Crippen LogP contribution in [0.2, 0.25) is 0 Å². The van der Waals surface area contributed by atoms with E-state index < -0.39 is 11.6 Å². The van der Waals surface area contributed by atoms with Crippen molar-refractivity contribution < 1.29 is 14.7 Å². The molecule has 1 aromatic rings. The number of nitrogens with one attached hydrogen (secondary N) is 1. The Morgan fingerprint density at radius 1 is 1.32 bits per heavy atom. The average Bonchev–Trinajstić information content (AvgIpc) is 3.30. The quantitative estimate of drug-likeness (QED) is 0.722. The number of carbonyl (C=O) groups is 2. The number of hydrogen-bond donors (Lipinski definition) is 2. The summed E-state index contributed by atoms with van der Waals surface area (Å²) in [6, 6.07) is 6.48. The molecule has 0 spiro atoms. The van der Waals surface area contributed by atoms with Crippen LogP contribution in [0.3, 0.4) is 0 Å². The first-order valence-electron chi connectivity index (χ1n) is 7.01. The molecule has 114 valence electrons. The molecule has 0 unspecified atom stereocenters. The fraction of sp³-hybridized carbons (Fsp3) is 0.375. The maximum atomic E-state index is 11.8. The van der Waals surface area contributed by atoms with Crippen molar-refractivity contribution in [3.63, 3.8) is 0 Å². The molecule has 1 heterocycles. The van der Waals surface area contributed by atoms with Crippen molar-refractivity contribution in [2.45, 2.75) is 37.9 Å². The minimum atomic E-state index is -0.986. The number of rotatable bonds is 8. The monoisotopic (exact) mass is 299 g/mol. The molecule has 0 bridgehead atoms. The molecule has 22 heavy (non-hydrogen) atoms. The van der Waals surface area contributed by atoms with Crippen LogP contribution in [0.5, 0.6) is 0 Å². The lowest BCUT2D eigenvalue weighted by Crippen LogP contribution is -2.25. The summed E-state index contributed by atoms with van der Waals surface area (Å²) in [6.07, 6.45) is 7.35. The number of carboxylic acid groups (broad SMARTS) is 1. The van der Waals surface area contributed by atoms with Crippen LogP contribution >= 0.6 is 0 Å². The Balaban J connectivity index is 1.75. The minimum absolute atomic E-state index is 0.113. The van der Waals surface area contributed by atoms with Crippen LogP contribution in [0.25, 0.3) is 0 Å². The van der Waals surface area contributed by atoms with Crippen molar-refractivity contribution in [3.8, 4) is 12.3 Å². The lowest BCUT2D eigenvalue weighted by molar-refractivity contribution is -0.121. The standard InChI is InChI=1S/C16H17N3O3/c1-2-3-8-16(18-19-16)9-7-14(20)17-11-12-5-4-6-13(10-12)15(21)22/h1,4-6,10H,3,7-9,11H2,(H,17,20)(H,21,22). The van der Waals surface area contributed by atoms with Gasteiger partial charge in [0, 0.05) is 32.2 Å². The summed E-state index contributed by atoms with van der Waals surface area (Å²) in [6.45, 7) is 0.297. The molecule has 2 N–H and O–H groups in total. The van der Waals surface area contributed by atoms with E-state index in [2.05, 4.69) is 21.5 Å². The zero-order valence-electron chi connectivity index (χ0n) is 12.1. The van der Waals surface area contributed by atoms with Gasteiger partial charge < -0.3 is 10.4 Å². The van der Waals surface area contributed by atoms with Crippen LogP contribution in [0.4, 0.5) is 0 Å². The van der Waals surface area contributed by atoms with Gasteiger partial charge in [-0.2, -0.15) is 10.2 Å². The summed E-state index contributed by atoms with van der Waals surface area (Å²) in [5.41, 5.74) is 0.499. The molecule has 0 saturated heterocycles. The SMILES string of the molecule is C#CCCC1(CCC(=O)NCc2cccc(C(=O)O)c2)N=N1. The third-order valence-corrected chi connectivity index (χ3v) is 3.47. The van der Waals surface area contributed by atoms with Crippen LogP contribution in [-0.4, -0.2) is 22.6 Å². The number of amides is 1. The van der Waals surface area contributed by atoms with Gasteiger partial charge in [0.15, 0.2) is 5.66 Å². The molecule has 1 aliphatic rings. The smallest absolute Gasteiger partial charge is 0.335 e. The van der Waals surface area contributed by atoms with E-state index in [0.717, 1.165) is 5.56 Å². The summed E-state index contributed by atoms with van der Waals surface area (Å²) in [4.78, 5) is 22.7. The fourth-order valence-corrected chi connectivity index (χ4v) is 2.09. The predicted molar refractivity (Wildman–Crippen MR) is 80.1 cm³/mol. The zero-order chi connectivity index (χ0) is 16.0. The Morgan fingerprint density at radius 2 is 2.09 bits per heavy atom. The molecular formula is C16H17N3O3. The summed E-state index contributed by atoms with van der Waals surface area (Å²) in [7, 11) is 0. The van der Waals surface area contributed by atoms with Crippen molar-refractivity contribution in [2.24, 2.45) is 10.2 Å². The first-order chi connectivity index (χ1) is 10.5. The van der Waals surface area contributed by atoms with E-state index in [1.165, 1.54) is 6.07 Å². The number of benzene rings is 1. The van der Waals surface area contributed by atoms with Crippen molar-refractivity contribution in [1.29, 1.82) is 0 Å². The van der Waals surface area contributed by atoms with E-state index in [9.17, 15) is 9.59 Å². The average molecular weight is 299 g/mol. The lowest BCUT2D eigenvalue weighted by atomic mass is 10.0. The highest BCUT2D eigenvalue weighted by Crippen LogP contribution is 2.37. The first-order valence-corrected chi connectivity index (χ1v) is 7.01. The Morgan fingerprint density at radius 3 is 2.73 bits per heavy atom. The molecule has 0 aliphatic carbocycles. The van der Waals surface area contributed by atoms with Crippen molar-refractivity contribution >= 4 is 11.9 Å². The van der Waals surface area contributed by atoms with Gasteiger partial charge in [0.05, 0.1) is 5.56 Å². The van der Waals surface area contributed by atoms with Gasteiger partial charge in [0.25, 0.3) is 0 Å². The van der Waals surface area contributed by atoms with Crippen LogP contribution in [0, 0.1) is 12.3 Å². The first kappa shape index (κ1) is 15.7. The predicted octanol–water partition coefficient (Wildman–Crippen LogP) is 2.36. The van der Waals surface area contributed by atoms with E-state index in [-0.39, 0.29) is 11.5 Å². The van der Waals surface area contributed by atoms with Crippen molar-refractivity contribution in [1.82, 2.24) is 5.32 Å². The van der Waals surface area contributed by atoms with E-state index in [1.807, 2.05) is 0 Å². The van der Waals surface area contributed by atoms with Gasteiger partial charge in [0.2, 0.25) is 5.91 Å². The number of carboxylic acids is 1. The number of terminal acetylenes is 1. The second kappa shape index (κ2) is 6.85. The molecule has 1 amide bonds. The Labute approximate surface area is 128 Å². The molecule has 0 fully saturated rings. The highest BCUT2D eigenvalue weighted by molar-refractivity contribution is 5.87. The topological polar surface area (TPSA) is 91.1 Å². The molecule has 0 aromatic heterocycles. The maximum Gasteiger partial charge on any atom is 0.335 e. The number of aromatic carboxylic acids is 1. The third-order valence-electron chi connectivity index (χ3n) is 3.47. The largest absolute Gasteiger partial charge is 0.478 e. The Hall–Kier alpha value is -2.68. The van der Waals surface area contributed by atoms with Gasteiger partial charge >= 0.3 is 5.97 Å². The molecule has 1 aliphatic heterocycles. The molecule has 6 nitrogen and oxygen atoms in total. The molecule has 6 heteroatoms. The normalized spacial score (nSPS) is 14.1. The van der Waals surface area contributed by atoms with Crippen LogP contribution in [0.15, 0.2) is 34.5 Å². The van der Waals surface area contributed by atoms with Crippen LogP contribution < -0.4 is 5.32 Å². The van der Waals surface area contributed by atoms with Gasteiger partial charge in [-0.1, -0.05) is 12.1 Å². The molecule has 1 aromatic carbocycles. The van der Waals surface area contributed by atoms with E-state index in [0.29, 0.717) is 32.2 Å². The summed E-state index contributed by atoms with van der Waals surface area (Å²) in [5.74, 6) is 1.45. The van der Waals surface area contributed by atoms with Gasteiger partial charge in [0.1, 0.15) is 0 Å². The summed E-state index contributed by atoms with van der Waals surface area (Å²) in [5, 5.41) is 19.6. The van der Waals surface area contributed by atoms with Gasteiger partial charge in [-0.15, -0.1) is 12.3 Å². The van der Waals surface area contributed by atoms with Crippen molar-refractivity contribution in [3.05, 3.63) is 35.4 Å². The molecule has 0 saturated carbocycles. The lowest BCUT2D eigenvalue weighted by Gasteiger charge is -2.09. The van der Waals surface area contributed by atoms with E-state index in [4.69, 9.17) is 11.5 Å². The molecular weight excluding hydrogens is 282 g/mol. The Kier molecular flexibility index (Phi) is 4.89. The summed E-state index contributed by atoms with van der Waals surface area (Å²) >= 11 is 0.